The first-order chi connectivity index (χ1) is 27.4. The van der Waals surface area contributed by atoms with Crippen molar-refractivity contribution >= 4 is 34.5 Å². The van der Waals surface area contributed by atoms with Crippen LogP contribution in [0.25, 0.3) is 10.9 Å². The van der Waals surface area contributed by atoms with Gasteiger partial charge in [0.25, 0.3) is 0 Å². The van der Waals surface area contributed by atoms with E-state index in [1.54, 1.807) is 33.0 Å². The number of hydrazine groups is 1. The van der Waals surface area contributed by atoms with Gasteiger partial charge in [-0.05, 0) is 40.7 Å². The molecule has 1 N–H and O–H groups in total. The van der Waals surface area contributed by atoms with Crippen molar-refractivity contribution in [2.45, 2.75) is 98.1 Å². The minimum atomic E-state index is -0.871. The second-order valence-corrected chi connectivity index (χ2v) is 16.5. The summed E-state index contributed by atoms with van der Waals surface area (Å²) in [5.41, 5.74) is 4.18. The number of unbranched alkanes of at least 4 members (excludes halogenated alkanes) is 3. The van der Waals surface area contributed by atoms with E-state index < -0.39 is 12.2 Å². The van der Waals surface area contributed by atoms with E-state index in [4.69, 9.17) is 4.74 Å². The van der Waals surface area contributed by atoms with Crippen LogP contribution in [-0.4, -0.2) is 87.0 Å². The summed E-state index contributed by atoms with van der Waals surface area (Å²) >= 11 is 0. The maximum Gasteiger partial charge on any atom is 0.334 e. The van der Waals surface area contributed by atoms with Crippen molar-refractivity contribution in [3.63, 3.8) is 0 Å². The smallest absolute Gasteiger partial charge is 0.334 e. The van der Waals surface area contributed by atoms with Crippen LogP contribution in [0.4, 0.5) is 4.79 Å². The number of ketones is 1. The number of aromatic nitrogens is 1. The van der Waals surface area contributed by atoms with E-state index in [9.17, 15) is 19.2 Å². The van der Waals surface area contributed by atoms with E-state index in [0.717, 1.165) is 59.8 Å². The van der Waals surface area contributed by atoms with Crippen molar-refractivity contribution in [3.05, 3.63) is 114 Å². The largest absolute Gasteiger partial charge is 0.497 e. The number of Topliss-reactive ketones (excluding diaryl/α,β-unsaturated/α-hetero) is 1. The Kier molecular flexibility index (Phi) is 13.2. The number of piperazine rings is 1. The molecule has 11 heteroatoms. The number of amides is 4. The van der Waals surface area contributed by atoms with Crippen LogP contribution in [0.1, 0.15) is 86.8 Å². The van der Waals surface area contributed by atoms with E-state index in [1.807, 2.05) is 79.0 Å². The average Bonchev–Trinajstić information content (AvgIpc) is 3.57. The molecule has 2 fully saturated rings. The third-order valence-corrected chi connectivity index (χ3v) is 10.8. The number of hydrogen-bond donors (Lipinski definition) is 1. The van der Waals surface area contributed by atoms with Crippen LogP contribution < -0.4 is 10.1 Å². The second kappa shape index (κ2) is 18.2. The molecule has 2 unspecified atom stereocenters. The topological polar surface area (TPSA) is 107 Å². The van der Waals surface area contributed by atoms with Crippen molar-refractivity contribution in [2.75, 3.05) is 26.7 Å². The Morgan fingerprint density at radius 3 is 2.39 bits per heavy atom. The van der Waals surface area contributed by atoms with E-state index in [2.05, 4.69) is 44.2 Å². The third-order valence-electron chi connectivity index (χ3n) is 10.8. The van der Waals surface area contributed by atoms with E-state index in [1.165, 1.54) is 0 Å². The maximum atomic E-state index is 14.9. The molecular formula is C46H58N6O5. The molecule has 3 aromatic carbocycles. The summed E-state index contributed by atoms with van der Waals surface area (Å²) in [4.78, 5) is 60.6. The quantitative estimate of drug-likeness (QED) is 0.0715. The Labute approximate surface area is 337 Å². The number of methoxy groups -OCH3 is 1. The van der Waals surface area contributed by atoms with Crippen molar-refractivity contribution in [3.8, 4) is 5.75 Å². The van der Waals surface area contributed by atoms with Gasteiger partial charge in [0.1, 0.15) is 18.0 Å². The monoisotopic (exact) mass is 774 g/mol. The summed E-state index contributed by atoms with van der Waals surface area (Å²) in [7, 11) is 1.60. The molecule has 6 rings (SSSR count). The Bertz CT molecular complexity index is 2050. The molecular weight excluding hydrogens is 717 g/mol. The fourth-order valence-electron chi connectivity index (χ4n) is 8.14. The first kappa shape index (κ1) is 41.2. The fourth-order valence-corrected chi connectivity index (χ4v) is 8.14. The third kappa shape index (κ3) is 9.59. The van der Waals surface area contributed by atoms with E-state index in [0.29, 0.717) is 24.3 Å². The molecule has 2 saturated heterocycles. The van der Waals surface area contributed by atoms with Gasteiger partial charge in [0.05, 0.1) is 25.7 Å². The predicted octanol–water partition coefficient (Wildman–Crippen LogP) is 7.59. The lowest BCUT2D eigenvalue weighted by Gasteiger charge is -2.55. The first-order valence-corrected chi connectivity index (χ1v) is 20.3. The first-order valence-electron chi connectivity index (χ1n) is 20.3. The van der Waals surface area contributed by atoms with Gasteiger partial charge < -0.3 is 24.4 Å². The number of aryl methyl sites for hydroxylation is 1. The number of para-hydroxylation sites is 1. The molecule has 4 amide bonds. The molecule has 1 aromatic heterocycles. The van der Waals surface area contributed by atoms with Crippen LogP contribution in [0.3, 0.4) is 0 Å². The summed E-state index contributed by atoms with van der Waals surface area (Å²) in [5.74, 6) is 0.362. The van der Waals surface area contributed by atoms with Gasteiger partial charge in [-0.15, -0.1) is 6.58 Å². The lowest BCUT2D eigenvalue weighted by Crippen LogP contribution is -2.76. The molecule has 2 aliphatic rings. The summed E-state index contributed by atoms with van der Waals surface area (Å²) < 4.78 is 7.59. The van der Waals surface area contributed by atoms with Crippen LogP contribution in [0.15, 0.2) is 91.6 Å². The van der Waals surface area contributed by atoms with Gasteiger partial charge in [-0.1, -0.05) is 114 Å². The molecule has 4 aromatic rings. The number of carbonyl (C=O) groups is 4. The van der Waals surface area contributed by atoms with Crippen LogP contribution in [0.5, 0.6) is 5.75 Å². The van der Waals surface area contributed by atoms with Crippen LogP contribution in [0.2, 0.25) is 0 Å². The molecule has 0 spiro atoms. The fraction of sp³-hybridized carbons (Fsp3) is 0.435. The predicted molar refractivity (Wildman–Crippen MR) is 223 cm³/mol. The lowest BCUT2D eigenvalue weighted by atomic mass is 9.87. The summed E-state index contributed by atoms with van der Waals surface area (Å²) in [6, 6.07) is 21.9. The average molecular weight is 775 g/mol. The van der Waals surface area contributed by atoms with Gasteiger partial charge in [0.15, 0.2) is 5.78 Å². The van der Waals surface area contributed by atoms with Crippen molar-refractivity contribution < 1.29 is 23.9 Å². The van der Waals surface area contributed by atoms with Gasteiger partial charge in [-0.3, -0.25) is 14.4 Å². The molecule has 57 heavy (non-hydrogen) atoms. The molecule has 0 radical (unpaired) electrons. The van der Waals surface area contributed by atoms with Crippen molar-refractivity contribution in [2.24, 2.45) is 5.41 Å². The molecule has 0 bridgehead atoms. The molecule has 2 atom stereocenters. The highest BCUT2D eigenvalue weighted by Gasteiger charge is 2.51. The van der Waals surface area contributed by atoms with Crippen LogP contribution in [-0.2, 0) is 35.6 Å². The highest BCUT2D eigenvalue weighted by molar-refractivity contribution is 6.09. The summed E-state index contributed by atoms with van der Waals surface area (Å²) in [6.45, 7) is 13.9. The van der Waals surface area contributed by atoms with Crippen LogP contribution in [0, 0.1) is 5.41 Å². The number of hydrogen-bond acceptors (Lipinski definition) is 6. The highest BCUT2D eigenvalue weighted by Crippen LogP contribution is 2.33. The van der Waals surface area contributed by atoms with Gasteiger partial charge in [0.2, 0.25) is 11.8 Å². The number of ether oxygens (including phenoxy) is 1. The Balaban J connectivity index is 1.40. The molecule has 3 heterocycles. The highest BCUT2D eigenvalue weighted by atomic mass is 16.5. The molecule has 0 saturated carbocycles. The molecule has 11 nitrogen and oxygen atoms in total. The SMILES string of the molecule is C=CCN1CC(=O)N2C(Cc3ccc(OC)cc3)C(=O)N(Cc3cccc4c(C(=O)CC(C)(C)C)cn(CCCCCC)c34)CC2N1C(=O)NCc1ccccc1. The zero-order valence-electron chi connectivity index (χ0n) is 34.2. The minimum Gasteiger partial charge on any atom is -0.497 e. The second-order valence-electron chi connectivity index (χ2n) is 16.5. The van der Waals surface area contributed by atoms with Gasteiger partial charge >= 0.3 is 6.03 Å². The molecule has 0 aliphatic carbocycles. The minimum absolute atomic E-state index is 0.0795. The van der Waals surface area contributed by atoms with Gasteiger partial charge in [-0.2, -0.15) is 0 Å². The van der Waals surface area contributed by atoms with Crippen LogP contribution >= 0.6 is 0 Å². The zero-order valence-corrected chi connectivity index (χ0v) is 34.2. The summed E-state index contributed by atoms with van der Waals surface area (Å²) in [6.07, 6.45) is 7.87. The number of carbonyl (C=O) groups excluding carboxylic acids is 4. The number of rotatable bonds is 16. The number of fused-ring (bicyclic) bond motifs is 2. The normalized spacial score (nSPS) is 17.5. The molecule has 302 valence electrons. The number of urea groups is 1. The Morgan fingerprint density at radius 2 is 1.70 bits per heavy atom. The maximum absolute atomic E-state index is 14.9. The summed E-state index contributed by atoms with van der Waals surface area (Å²) in [5, 5.41) is 7.26. The number of nitrogens with zero attached hydrogens (tertiary/aromatic N) is 5. The standard InChI is InChI=1S/C46H58N6O5/c1-7-9-10-14-25-48-30-38(40(53)27-46(3,4)5)37-19-15-18-35(43(37)48)29-49-31-41-51(39(44(49)55)26-33-20-22-36(57-6)23-21-33)42(54)32-50(24-8-2)52(41)45(56)47-28-34-16-12-11-13-17-34/h8,11-13,15-23,30,39,41H,2,7,9-10,14,24-29,31-32H2,1,3-6H3,(H,47,56). The van der Waals surface area contributed by atoms with Gasteiger partial charge in [0, 0.05) is 56.2 Å². The zero-order chi connectivity index (χ0) is 40.7. The number of benzene rings is 3. The Morgan fingerprint density at radius 1 is 0.947 bits per heavy atom. The lowest BCUT2D eigenvalue weighted by molar-refractivity contribution is -0.189. The van der Waals surface area contributed by atoms with Crippen molar-refractivity contribution in [1.29, 1.82) is 0 Å². The van der Waals surface area contributed by atoms with Gasteiger partial charge in [-0.25, -0.2) is 14.8 Å². The van der Waals surface area contributed by atoms with Crippen molar-refractivity contribution in [1.82, 2.24) is 29.7 Å². The molecule has 2 aliphatic heterocycles. The Hall–Kier alpha value is -5.42. The van der Waals surface area contributed by atoms with E-state index >= 15 is 0 Å². The van der Waals surface area contributed by atoms with E-state index in [-0.39, 0.29) is 61.6 Å². The number of nitrogens with one attached hydrogen (secondary N) is 1.